The first-order valence-corrected chi connectivity index (χ1v) is 8.07. The van der Waals surface area contributed by atoms with E-state index in [4.69, 9.17) is 21.1 Å². The van der Waals surface area contributed by atoms with E-state index >= 15 is 0 Å². The third-order valence-corrected chi connectivity index (χ3v) is 3.94. The maximum Gasteiger partial charge on any atom is 0.262 e. The van der Waals surface area contributed by atoms with Crippen molar-refractivity contribution in [1.29, 1.82) is 0 Å². The highest BCUT2D eigenvalue weighted by atomic mass is 35.5. The van der Waals surface area contributed by atoms with Crippen molar-refractivity contribution in [3.63, 3.8) is 0 Å². The molecule has 2 aromatic carbocycles. The summed E-state index contributed by atoms with van der Waals surface area (Å²) in [4.78, 5) is 16.6. The molecule has 5 nitrogen and oxygen atoms in total. The number of nitrogens with zero attached hydrogens (tertiary/aromatic N) is 1. The van der Waals surface area contributed by atoms with Crippen LogP contribution >= 0.6 is 11.6 Å². The van der Waals surface area contributed by atoms with Crippen LogP contribution < -0.4 is 14.8 Å². The molecule has 1 amide bonds. The number of methoxy groups -OCH3 is 1. The minimum Gasteiger partial charge on any atom is -0.497 e. The highest BCUT2D eigenvalue weighted by Gasteiger charge is 2.10. The highest BCUT2D eigenvalue weighted by Crippen LogP contribution is 2.29. The van der Waals surface area contributed by atoms with Crippen molar-refractivity contribution < 1.29 is 14.3 Å². The van der Waals surface area contributed by atoms with Gasteiger partial charge in [-0.2, -0.15) is 0 Å². The molecule has 25 heavy (non-hydrogen) atoms. The molecule has 0 aliphatic rings. The van der Waals surface area contributed by atoms with Gasteiger partial charge in [-0.3, -0.25) is 9.78 Å². The van der Waals surface area contributed by atoms with Gasteiger partial charge in [-0.1, -0.05) is 23.7 Å². The molecule has 1 heterocycles. The molecule has 1 aromatic heterocycles. The lowest BCUT2D eigenvalue weighted by atomic mass is 10.1. The number of amides is 1. The molecular formula is C19H17ClN2O3. The summed E-state index contributed by atoms with van der Waals surface area (Å²) in [5.41, 5.74) is 2.14. The van der Waals surface area contributed by atoms with Crippen LogP contribution in [-0.4, -0.2) is 24.6 Å². The highest BCUT2D eigenvalue weighted by molar-refractivity contribution is 6.33. The predicted molar refractivity (Wildman–Crippen MR) is 98.6 cm³/mol. The van der Waals surface area contributed by atoms with E-state index < -0.39 is 0 Å². The lowest BCUT2D eigenvalue weighted by molar-refractivity contribution is -0.118. The average Bonchev–Trinajstić information content (AvgIpc) is 2.61. The molecule has 1 N–H and O–H groups in total. The van der Waals surface area contributed by atoms with Gasteiger partial charge in [0.2, 0.25) is 0 Å². The van der Waals surface area contributed by atoms with Crippen LogP contribution in [-0.2, 0) is 4.79 Å². The number of carbonyl (C=O) groups excluding carboxylic acids is 1. The zero-order chi connectivity index (χ0) is 17.8. The van der Waals surface area contributed by atoms with Crippen LogP contribution in [0.25, 0.3) is 10.9 Å². The zero-order valence-electron chi connectivity index (χ0n) is 13.9. The van der Waals surface area contributed by atoms with E-state index in [-0.39, 0.29) is 12.5 Å². The Labute approximate surface area is 150 Å². The zero-order valence-corrected chi connectivity index (χ0v) is 14.6. The Morgan fingerprint density at radius 3 is 2.76 bits per heavy atom. The van der Waals surface area contributed by atoms with Crippen LogP contribution in [0.2, 0.25) is 5.02 Å². The maximum absolute atomic E-state index is 12.1. The third kappa shape index (κ3) is 4.00. The van der Waals surface area contributed by atoms with Crippen molar-refractivity contribution in [3.8, 4) is 11.5 Å². The Kier molecular flexibility index (Phi) is 5.05. The number of aryl methyl sites for hydroxylation is 1. The van der Waals surface area contributed by atoms with Crippen LogP contribution in [0.4, 0.5) is 5.69 Å². The number of hydrogen-bond donors (Lipinski definition) is 1. The Morgan fingerprint density at radius 1 is 1.20 bits per heavy atom. The number of anilines is 1. The van der Waals surface area contributed by atoms with Gasteiger partial charge in [0, 0.05) is 17.1 Å². The van der Waals surface area contributed by atoms with Gasteiger partial charge in [0.25, 0.3) is 5.91 Å². The fourth-order valence-electron chi connectivity index (χ4n) is 2.44. The van der Waals surface area contributed by atoms with Crippen molar-refractivity contribution in [2.75, 3.05) is 19.0 Å². The third-order valence-electron chi connectivity index (χ3n) is 3.61. The molecule has 0 aliphatic carbocycles. The minimum atomic E-state index is -0.293. The number of carbonyl (C=O) groups is 1. The van der Waals surface area contributed by atoms with Crippen LogP contribution in [0.15, 0.2) is 48.5 Å². The van der Waals surface area contributed by atoms with E-state index in [9.17, 15) is 4.79 Å². The smallest absolute Gasteiger partial charge is 0.262 e. The number of rotatable bonds is 5. The molecule has 0 atom stereocenters. The fraction of sp³-hybridized carbons (Fsp3) is 0.158. The van der Waals surface area contributed by atoms with Crippen molar-refractivity contribution in [2.45, 2.75) is 6.92 Å². The molecule has 128 valence electrons. The second-order valence-corrected chi connectivity index (χ2v) is 5.87. The second kappa shape index (κ2) is 7.40. The van der Waals surface area contributed by atoms with E-state index in [0.717, 1.165) is 16.6 Å². The number of aromatic nitrogens is 1. The van der Waals surface area contributed by atoms with Gasteiger partial charge in [0.15, 0.2) is 6.61 Å². The molecule has 0 saturated carbocycles. The molecule has 0 spiro atoms. The Bertz CT molecular complexity index is 928. The van der Waals surface area contributed by atoms with Crippen LogP contribution in [0, 0.1) is 6.92 Å². The van der Waals surface area contributed by atoms with Gasteiger partial charge in [-0.05, 0) is 37.3 Å². The van der Waals surface area contributed by atoms with Gasteiger partial charge >= 0.3 is 0 Å². The van der Waals surface area contributed by atoms with Gasteiger partial charge in [0.1, 0.15) is 11.5 Å². The first-order chi connectivity index (χ1) is 12.1. The lowest BCUT2D eigenvalue weighted by Crippen LogP contribution is -2.20. The first-order valence-electron chi connectivity index (χ1n) is 7.69. The SMILES string of the molecule is COc1ccc2nc(C)cc(OCC(=O)Nc3ccccc3Cl)c2c1. The van der Waals surface area contributed by atoms with E-state index in [0.29, 0.717) is 22.2 Å². The largest absolute Gasteiger partial charge is 0.497 e. The number of para-hydroxylation sites is 1. The topological polar surface area (TPSA) is 60.5 Å². The number of halogens is 1. The summed E-state index contributed by atoms with van der Waals surface area (Å²) in [5, 5.41) is 3.99. The monoisotopic (exact) mass is 356 g/mol. The Hall–Kier alpha value is -2.79. The Balaban J connectivity index is 1.78. The molecular weight excluding hydrogens is 340 g/mol. The summed E-state index contributed by atoms with van der Waals surface area (Å²) < 4.78 is 11.0. The van der Waals surface area contributed by atoms with Gasteiger partial charge in [-0.15, -0.1) is 0 Å². The molecule has 0 unspecified atom stereocenters. The van der Waals surface area contributed by atoms with Gasteiger partial charge in [-0.25, -0.2) is 0 Å². The van der Waals surface area contributed by atoms with Crippen LogP contribution in [0.3, 0.4) is 0 Å². The number of ether oxygens (including phenoxy) is 2. The van der Waals surface area contributed by atoms with Crippen molar-refractivity contribution in [2.24, 2.45) is 0 Å². The van der Waals surface area contributed by atoms with Gasteiger partial charge < -0.3 is 14.8 Å². The molecule has 3 aromatic rings. The quantitative estimate of drug-likeness (QED) is 0.743. The standard InChI is InChI=1S/C19H17ClN2O3/c1-12-9-18(14-10-13(24-2)7-8-16(14)21-12)25-11-19(23)22-17-6-4-3-5-15(17)20/h3-10H,11H2,1-2H3,(H,22,23). The molecule has 0 bridgehead atoms. The number of nitrogens with one attached hydrogen (secondary N) is 1. The summed E-state index contributed by atoms with van der Waals surface area (Å²) >= 11 is 6.04. The molecule has 0 radical (unpaired) electrons. The number of pyridine rings is 1. The molecule has 0 aliphatic heterocycles. The van der Waals surface area contributed by atoms with Crippen molar-refractivity contribution >= 4 is 34.1 Å². The summed E-state index contributed by atoms with van der Waals surface area (Å²) in [6.45, 7) is 1.74. The predicted octanol–water partition coefficient (Wildman–Crippen LogP) is 4.22. The summed E-state index contributed by atoms with van der Waals surface area (Å²) in [5.74, 6) is 0.984. The number of fused-ring (bicyclic) bond motifs is 1. The van der Waals surface area contributed by atoms with Crippen LogP contribution in [0.1, 0.15) is 5.69 Å². The summed E-state index contributed by atoms with van der Waals surface area (Å²) in [7, 11) is 1.60. The summed E-state index contributed by atoms with van der Waals surface area (Å²) in [6, 6.07) is 14.4. The average molecular weight is 357 g/mol. The number of benzene rings is 2. The van der Waals surface area contributed by atoms with Crippen molar-refractivity contribution in [1.82, 2.24) is 4.98 Å². The molecule has 0 saturated heterocycles. The minimum absolute atomic E-state index is 0.138. The van der Waals surface area contributed by atoms with Gasteiger partial charge in [0.05, 0.1) is 23.3 Å². The molecule has 6 heteroatoms. The lowest BCUT2D eigenvalue weighted by Gasteiger charge is -2.12. The summed E-state index contributed by atoms with van der Waals surface area (Å²) in [6.07, 6.45) is 0. The first kappa shape index (κ1) is 17.0. The normalized spacial score (nSPS) is 10.5. The molecule has 0 fully saturated rings. The van der Waals surface area contributed by atoms with E-state index in [1.807, 2.05) is 25.1 Å². The van der Waals surface area contributed by atoms with E-state index in [2.05, 4.69) is 10.3 Å². The second-order valence-electron chi connectivity index (χ2n) is 5.46. The number of hydrogen-bond acceptors (Lipinski definition) is 4. The van der Waals surface area contributed by atoms with Crippen LogP contribution in [0.5, 0.6) is 11.5 Å². The Morgan fingerprint density at radius 2 is 2.00 bits per heavy atom. The van der Waals surface area contributed by atoms with E-state index in [1.54, 1.807) is 37.4 Å². The molecule has 3 rings (SSSR count). The van der Waals surface area contributed by atoms with Crippen molar-refractivity contribution in [3.05, 3.63) is 59.2 Å². The maximum atomic E-state index is 12.1. The van der Waals surface area contributed by atoms with E-state index in [1.165, 1.54) is 0 Å². The fourth-order valence-corrected chi connectivity index (χ4v) is 2.62.